The van der Waals surface area contributed by atoms with Gasteiger partial charge in [0, 0.05) is 21.4 Å². The summed E-state index contributed by atoms with van der Waals surface area (Å²) in [4.78, 5) is 29.3. The van der Waals surface area contributed by atoms with E-state index in [1.54, 1.807) is 17.9 Å². The molecule has 2 saturated heterocycles. The number of fused-ring (bicyclic) bond motifs is 2. The third-order valence-corrected chi connectivity index (χ3v) is 8.42. The van der Waals surface area contributed by atoms with Gasteiger partial charge in [-0.05, 0) is 98.7 Å². The van der Waals surface area contributed by atoms with E-state index in [9.17, 15) is 14.0 Å². The molecule has 2 amide bonds. The maximum absolute atomic E-state index is 14.4. The summed E-state index contributed by atoms with van der Waals surface area (Å²) in [5.74, 6) is -0.293. The first kappa shape index (κ1) is 25.2. The second kappa shape index (κ2) is 9.96. The van der Waals surface area contributed by atoms with Gasteiger partial charge in [-0.2, -0.15) is 0 Å². The molecule has 34 heavy (non-hydrogen) atoms. The van der Waals surface area contributed by atoms with Crippen LogP contribution in [-0.2, 0) is 15.0 Å². The smallest absolute Gasteiger partial charge is 0.225 e. The predicted octanol–water partition coefficient (Wildman–Crippen LogP) is 5.05. The molecule has 0 aromatic heterocycles. The maximum Gasteiger partial charge on any atom is 0.225 e. The summed E-state index contributed by atoms with van der Waals surface area (Å²) in [6.45, 7) is 12.9. The molecule has 5 nitrogen and oxygen atoms in total. The van der Waals surface area contributed by atoms with E-state index in [0.717, 1.165) is 75.8 Å². The van der Waals surface area contributed by atoms with Crippen molar-refractivity contribution in [2.24, 2.45) is 11.3 Å². The van der Waals surface area contributed by atoms with Gasteiger partial charge < -0.3 is 15.1 Å². The highest BCUT2D eigenvalue weighted by atomic mass is 19.1. The third kappa shape index (κ3) is 5.64. The Hall–Kier alpha value is -1.95. The van der Waals surface area contributed by atoms with Gasteiger partial charge in [-0.1, -0.05) is 26.8 Å². The number of carbonyl (C=O) groups is 2. The first-order chi connectivity index (χ1) is 16.1. The molecule has 2 fully saturated rings. The van der Waals surface area contributed by atoms with Gasteiger partial charge in [0.2, 0.25) is 11.8 Å². The van der Waals surface area contributed by atoms with E-state index in [1.807, 2.05) is 6.07 Å². The highest BCUT2D eigenvalue weighted by Crippen LogP contribution is 2.48. The molecule has 0 radical (unpaired) electrons. The van der Waals surface area contributed by atoms with Crippen LogP contribution < -0.4 is 5.32 Å². The van der Waals surface area contributed by atoms with E-state index in [2.05, 4.69) is 31.0 Å². The monoisotopic (exact) mass is 473 g/mol. The van der Waals surface area contributed by atoms with Crippen molar-refractivity contribution in [3.63, 3.8) is 0 Å². The summed E-state index contributed by atoms with van der Waals surface area (Å²) >= 11 is 0. The van der Waals surface area contributed by atoms with E-state index >= 15 is 0 Å². The van der Waals surface area contributed by atoms with Gasteiger partial charge in [0.1, 0.15) is 5.82 Å². The maximum atomic E-state index is 14.4. The number of nitrogens with zero attached hydrogens (tertiary/aromatic N) is 2. The molecule has 4 rings (SSSR count). The lowest BCUT2D eigenvalue weighted by atomic mass is 9.63. The van der Waals surface area contributed by atoms with Crippen molar-refractivity contribution in [1.82, 2.24) is 15.1 Å². The number of carbonyl (C=O) groups excluding carboxylic acids is 2. The summed E-state index contributed by atoms with van der Waals surface area (Å²) in [5.41, 5.74) is 2.53. The van der Waals surface area contributed by atoms with Crippen LogP contribution in [0.25, 0.3) is 0 Å². The van der Waals surface area contributed by atoms with Crippen LogP contribution in [0.3, 0.4) is 0 Å². The van der Waals surface area contributed by atoms with Crippen LogP contribution in [0.2, 0.25) is 0 Å². The molecule has 2 aliphatic heterocycles. The number of nitrogens with one attached hydrogen (secondary N) is 1. The zero-order chi connectivity index (χ0) is 24.5. The number of benzene rings is 1. The van der Waals surface area contributed by atoms with Crippen LogP contribution in [-0.4, -0.2) is 54.3 Å². The largest absolute Gasteiger partial charge is 0.349 e. The number of rotatable bonds is 4. The van der Waals surface area contributed by atoms with Gasteiger partial charge in [-0.25, -0.2) is 4.39 Å². The predicted molar refractivity (Wildman–Crippen MR) is 135 cm³/mol. The van der Waals surface area contributed by atoms with Crippen molar-refractivity contribution in [2.75, 3.05) is 32.7 Å². The Bertz CT molecular complexity index is 908. The number of hydrogen-bond donors (Lipinski definition) is 1. The lowest BCUT2D eigenvalue weighted by Gasteiger charge is -2.47. The summed E-state index contributed by atoms with van der Waals surface area (Å²) in [7, 11) is 0. The Balaban J connectivity index is 0.00000342. The molecule has 1 aromatic rings. The van der Waals surface area contributed by atoms with E-state index in [-0.39, 0.29) is 36.4 Å². The summed E-state index contributed by atoms with van der Waals surface area (Å²) in [6, 6.07) is 5.08. The van der Waals surface area contributed by atoms with Crippen LogP contribution >= 0.6 is 0 Å². The Morgan fingerprint density at radius 3 is 2.56 bits per heavy atom. The number of likely N-dealkylation sites (tertiary alicyclic amines) is 2. The average molecular weight is 474 g/mol. The summed E-state index contributed by atoms with van der Waals surface area (Å²) in [6.07, 6.45) is 6.81. The average Bonchev–Trinajstić information content (AvgIpc) is 2.80. The molecule has 1 spiro atoms. The molecule has 1 aromatic carbocycles. The second-order valence-electron chi connectivity index (χ2n) is 12.1. The van der Waals surface area contributed by atoms with Gasteiger partial charge in [0.15, 0.2) is 0 Å². The van der Waals surface area contributed by atoms with Crippen molar-refractivity contribution in [3.05, 3.63) is 35.1 Å². The molecular formula is C28H44FN3O2. The van der Waals surface area contributed by atoms with Crippen LogP contribution in [0.5, 0.6) is 0 Å². The van der Waals surface area contributed by atoms with E-state index in [1.165, 1.54) is 12.5 Å². The van der Waals surface area contributed by atoms with Crippen molar-refractivity contribution >= 4 is 11.8 Å². The molecule has 1 aliphatic carbocycles. The molecule has 2 atom stereocenters. The van der Waals surface area contributed by atoms with Crippen molar-refractivity contribution in [2.45, 2.75) is 84.1 Å². The summed E-state index contributed by atoms with van der Waals surface area (Å²) < 4.78 is 14.4. The van der Waals surface area contributed by atoms with Crippen LogP contribution in [0.15, 0.2) is 18.2 Å². The number of halogens is 1. The molecule has 0 saturated carbocycles. The van der Waals surface area contributed by atoms with Gasteiger partial charge in [-0.15, -0.1) is 0 Å². The van der Waals surface area contributed by atoms with Gasteiger partial charge in [0.05, 0.1) is 12.0 Å². The highest BCUT2D eigenvalue weighted by molar-refractivity contribution is 5.81. The van der Waals surface area contributed by atoms with E-state index < -0.39 is 0 Å². The van der Waals surface area contributed by atoms with E-state index in [0.29, 0.717) is 12.0 Å². The fraction of sp³-hybridized carbons (Fsp3) is 0.714. The van der Waals surface area contributed by atoms with E-state index in [4.69, 9.17) is 0 Å². The zero-order valence-electron chi connectivity index (χ0n) is 21.5. The molecule has 6 heteroatoms. The third-order valence-electron chi connectivity index (χ3n) is 8.42. The van der Waals surface area contributed by atoms with Crippen LogP contribution in [0.1, 0.15) is 91.2 Å². The standard InChI is InChI=1S/C28H42FN3O2.H2/c1-20(33)32-14-5-6-21(19-32)26(34)30-25-9-10-28(24-18-22(29)7-8-23(24)25)12-16-31(17-13-28)15-11-27(2,3)4;/h7-8,18,21,25H,5-6,9-17,19H2,1-4H3,(H,30,34);1H/t21?,25-;/m0./s1. The topological polar surface area (TPSA) is 52.7 Å². The molecular weight excluding hydrogens is 429 g/mol. The Morgan fingerprint density at radius 1 is 1.15 bits per heavy atom. The minimum absolute atomic E-state index is 0. The fourth-order valence-corrected chi connectivity index (χ4v) is 6.14. The molecule has 2 heterocycles. The number of hydrogen-bond acceptors (Lipinski definition) is 3. The first-order valence-electron chi connectivity index (χ1n) is 13.1. The molecule has 1 N–H and O–H groups in total. The minimum atomic E-state index is -0.190. The fourth-order valence-electron chi connectivity index (χ4n) is 6.14. The van der Waals surface area contributed by atoms with Crippen molar-refractivity contribution in [1.29, 1.82) is 0 Å². The molecule has 3 aliphatic rings. The lowest BCUT2D eigenvalue weighted by Crippen LogP contribution is -2.48. The van der Waals surface area contributed by atoms with Crippen molar-refractivity contribution in [3.8, 4) is 0 Å². The normalized spacial score (nSPS) is 25.1. The zero-order valence-corrected chi connectivity index (χ0v) is 21.5. The number of amides is 2. The summed E-state index contributed by atoms with van der Waals surface area (Å²) in [5, 5.41) is 3.28. The highest BCUT2D eigenvalue weighted by Gasteiger charge is 2.43. The Kier molecular flexibility index (Phi) is 7.37. The lowest BCUT2D eigenvalue weighted by molar-refractivity contribution is -0.134. The Labute approximate surface area is 205 Å². The van der Waals surface area contributed by atoms with Crippen LogP contribution in [0.4, 0.5) is 4.39 Å². The Morgan fingerprint density at radius 2 is 1.88 bits per heavy atom. The van der Waals surface area contributed by atoms with Gasteiger partial charge in [-0.3, -0.25) is 9.59 Å². The van der Waals surface area contributed by atoms with Crippen LogP contribution in [0, 0.1) is 17.2 Å². The van der Waals surface area contributed by atoms with Crippen molar-refractivity contribution < 1.29 is 15.4 Å². The molecule has 1 unspecified atom stereocenters. The number of piperidine rings is 2. The SMILES string of the molecule is CC(=O)N1CCCC(C(=O)N[C@H]2CCC3(CCN(CCC(C)(C)C)CC3)c3cc(F)ccc32)C1.[HH]. The minimum Gasteiger partial charge on any atom is -0.349 e. The quantitative estimate of drug-likeness (QED) is 0.666. The van der Waals surface area contributed by atoms with Gasteiger partial charge >= 0.3 is 0 Å². The van der Waals surface area contributed by atoms with Gasteiger partial charge in [0.25, 0.3) is 0 Å². The second-order valence-corrected chi connectivity index (χ2v) is 12.1. The molecule has 0 bridgehead atoms. The first-order valence-corrected chi connectivity index (χ1v) is 13.1. The molecule has 190 valence electrons.